The van der Waals surface area contributed by atoms with Gasteiger partial charge in [0, 0.05) is 5.56 Å². The van der Waals surface area contributed by atoms with Crippen molar-refractivity contribution in [3.8, 4) is 0 Å². The highest BCUT2D eigenvalue weighted by Crippen LogP contribution is 2.36. The number of aromatic nitrogens is 1. The first-order valence-corrected chi connectivity index (χ1v) is 10.9. The maximum Gasteiger partial charge on any atom is 0.339 e. The number of aryl methyl sites for hydroxylation is 1. The molecule has 154 valence electrons. The predicted octanol–water partition coefficient (Wildman–Crippen LogP) is 5.44. The van der Waals surface area contributed by atoms with Crippen molar-refractivity contribution in [3.63, 3.8) is 0 Å². The van der Waals surface area contributed by atoms with Crippen molar-refractivity contribution in [1.82, 2.24) is 4.98 Å². The van der Waals surface area contributed by atoms with Gasteiger partial charge < -0.3 is 4.74 Å². The lowest BCUT2D eigenvalue weighted by Crippen LogP contribution is -2.31. The fourth-order valence-corrected chi connectivity index (χ4v) is 4.92. The quantitative estimate of drug-likeness (QED) is 0.397. The van der Waals surface area contributed by atoms with E-state index in [9.17, 15) is 9.59 Å². The van der Waals surface area contributed by atoms with Crippen molar-refractivity contribution in [2.75, 3.05) is 4.90 Å². The molecule has 1 atom stereocenters. The molecule has 5 rings (SSSR count). The molecule has 4 aromatic rings. The van der Waals surface area contributed by atoms with Crippen molar-refractivity contribution in [3.05, 3.63) is 95.1 Å². The molecule has 0 spiro atoms. The molecule has 0 saturated carbocycles. The minimum atomic E-state index is -0.578. The minimum Gasteiger partial charge on any atom is -0.453 e. The topological polar surface area (TPSA) is 59.5 Å². The molecular formula is C25H20N2O3S. The fraction of sp³-hybridized carbons (Fsp3) is 0.160. The van der Waals surface area contributed by atoms with E-state index in [-0.39, 0.29) is 18.3 Å². The zero-order valence-corrected chi connectivity index (χ0v) is 17.8. The first kappa shape index (κ1) is 19.5. The standard InChI is InChI=1S/C25H20N2O3S/c1-16-8-7-13-21-23(16)26-25(31-21)27(15-17-9-3-2-4-10-17)22(28)14-20-18-11-5-6-12-19(18)24(29)30-20/h2-13,20H,14-15H2,1H3. The van der Waals surface area contributed by atoms with Crippen LogP contribution in [-0.4, -0.2) is 16.9 Å². The van der Waals surface area contributed by atoms with Crippen molar-refractivity contribution >= 4 is 38.6 Å². The van der Waals surface area contributed by atoms with E-state index >= 15 is 0 Å². The summed E-state index contributed by atoms with van der Waals surface area (Å²) in [5.41, 5.74) is 4.29. The summed E-state index contributed by atoms with van der Waals surface area (Å²) < 4.78 is 6.55. The molecule has 0 bridgehead atoms. The number of thiazole rings is 1. The van der Waals surface area contributed by atoms with Crippen LogP contribution in [-0.2, 0) is 16.1 Å². The van der Waals surface area contributed by atoms with E-state index < -0.39 is 6.10 Å². The maximum absolute atomic E-state index is 13.5. The Labute approximate surface area is 183 Å². The number of hydrogen-bond donors (Lipinski definition) is 0. The summed E-state index contributed by atoms with van der Waals surface area (Å²) in [6.07, 6.45) is -0.504. The number of carbonyl (C=O) groups is 2. The molecule has 0 saturated heterocycles. The molecule has 6 heteroatoms. The molecule has 1 aliphatic rings. The second-order valence-electron chi connectivity index (χ2n) is 7.57. The molecule has 1 amide bonds. The van der Waals surface area contributed by atoms with Gasteiger partial charge in [-0.1, -0.05) is 72.0 Å². The first-order chi connectivity index (χ1) is 15.1. The highest BCUT2D eigenvalue weighted by molar-refractivity contribution is 7.22. The van der Waals surface area contributed by atoms with Gasteiger partial charge in [-0.25, -0.2) is 9.78 Å². The number of rotatable bonds is 5. The zero-order chi connectivity index (χ0) is 21.4. The van der Waals surface area contributed by atoms with Crippen LogP contribution in [0.5, 0.6) is 0 Å². The Morgan fingerprint density at radius 3 is 2.61 bits per heavy atom. The molecule has 3 aromatic carbocycles. The van der Waals surface area contributed by atoms with Gasteiger partial charge in [-0.3, -0.25) is 9.69 Å². The Morgan fingerprint density at radius 1 is 1.03 bits per heavy atom. The van der Waals surface area contributed by atoms with Gasteiger partial charge in [0.2, 0.25) is 5.91 Å². The molecule has 31 heavy (non-hydrogen) atoms. The molecule has 0 N–H and O–H groups in total. The van der Waals surface area contributed by atoms with Crippen molar-refractivity contribution < 1.29 is 14.3 Å². The SMILES string of the molecule is Cc1cccc2sc(N(Cc3ccccc3)C(=O)CC3OC(=O)c4ccccc43)nc12. The summed E-state index contributed by atoms with van der Waals surface area (Å²) in [5.74, 6) is -0.506. The predicted molar refractivity (Wildman–Crippen MR) is 121 cm³/mol. The largest absolute Gasteiger partial charge is 0.453 e. The number of hydrogen-bond acceptors (Lipinski definition) is 5. The molecule has 1 unspecified atom stereocenters. The van der Waals surface area contributed by atoms with Gasteiger partial charge in [0.15, 0.2) is 5.13 Å². The zero-order valence-electron chi connectivity index (χ0n) is 16.9. The Balaban J connectivity index is 1.48. The lowest BCUT2D eigenvalue weighted by atomic mass is 10.0. The van der Waals surface area contributed by atoms with E-state index in [0.29, 0.717) is 17.2 Å². The Morgan fingerprint density at radius 2 is 1.81 bits per heavy atom. The summed E-state index contributed by atoms with van der Waals surface area (Å²) >= 11 is 1.50. The van der Waals surface area contributed by atoms with Crippen LogP contribution in [0.3, 0.4) is 0 Å². The molecule has 0 aliphatic carbocycles. The van der Waals surface area contributed by atoms with Crippen LogP contribution in [0.15, 0.2) is 72.8 Å². The Kier molecular flexibility index (Phi) is 5.00. The number of para-hydroxylation sites is 1. The number of cyclic esters (lactones) is 1. The van der Waals surface area contributed by atoms with Crippen LogP contribution in [0.1, 0.15) is 39.6 Å². The number of nitrogens with zero attached hydrogens (tertiary/aromatic N) is 2. The molecule has 5 nitrogen and oxygen atoms in total. The second-order valence-corrected chi connectivity index (χ2v) is 8.58. The minimum absolute atomic E-state index is 0.0739. The number of esters is 1. The molecule has 1 aliphatic heterocycles. The average Bonchev–Trinajstić information content (AvgIpc) is 3.35. The summed E-state index contributed by atoms with van der Waals surface area (Å²) in [7, 11) is 0. The molecule has 1 aromatic heterocycles. The number of anilines is 1. The van der Waals surface area contributed by atoms with Gasteiger partial charge in [0.25, 0.3) is 0 Å². The van der Waals surface area contributed by atoms with Gasteiger partial charge >= 0.3 is 5.97 Å². The van der Waals surface area contributed by atoms with E-state index in [1.54, 1.807) is 17.0 Å². The number of ether oxygens (including phenoxy) is 1. The Hall–Kier alpha value is -3.51. The fourth-order valence-electron chi connectivity index (χ4n) is 3.86. The van der Waals surface area contributed by atoms with Gasteiger partial charge in [-0.05, 0) is 30.2 Å². The van der Waals surface area contributed by atoms with E-state index in [1.165, 1.54) is 11.3 Å². The van der Waals surface area contributed by atoms with Crippen LogP contribution in [0.4, 0.5) is 5.13 Å². The normalized spacial score (nSPS) is 15.0. The van der Waals surface area contributed by atoms with Crippen LogP contribution in [0.25, 0.3) is 10.2 Å². The van der Waals surface area contributed by atoms with Crippen molar-refractivity contribution in [2.24, 2.45) is 0 Å². The summed E-state index contributed by atoms with van der Waals surface area (Å²) in [5, 5.41) is 0.649. The van der Waals surface area contributed by atoms with Gasteiger partial charge in [-0.2, -0.15) is 0 Å². The third-order valence-corrected chi connectivity index (χ3v) is 6.51. The number of fused-ring (bicyclic) bond motifs is 2. The van der Waals surface area contributed by atoms with Crippen LogP contribution < -0.4 is 4.90 Å². The number of amides is 1. The van der Waals surface area contributed by atoms with E-state index in [1.807, 2.05) is 67.6 Å². The van der Waals surface area contributed by atoms with E-state index in [0.717, 1.165) is 26.9 Å². The van der Waals surface area contributed by atoms with Crippen LogP contribution >= 0.6 is 11.3 Å². The van der Waals surface area contributed by atoms with Crippen molar-refractivity contribution in [1.29, 1.82) is 0 Å². The first-order valence-electron chi connectivity index (χ1n) is 10.1. The average molecular weight is 429 g/mol. The maximum atomic E-state index is 13.5. The lowest BCUT2D eigenvalue weighted by molar-refractivity contribution is -0.120. The van der Waals surface area contributed by atoms with E-state index in [4.69, 9.17) is 9.72 Å². The van der Waals surface area contributed by atoms with Crippen LogP contribution in [0.2, 0.25) is 0 Å². The third-order valence-electron chi connectivity index (χ3n) is 5.46. The lowest BCUT2D eigenvalue weighted by Gasteiger charge is -2.22. The number of benzene rings is 3. The summed E-state index contributed by atoms with van der Waals surface area (Å²) in [4.78, 5) is 32.2. The Bertz CT molecular complexity index is 1280. The van der Waals surface area contributed by atoms with Crippen LogP contribution in [0, 0.1) is 6.92 Å². The van der Waals surface area contributed by atoms with Gasteiger partial charge in [0.1, 0.15) is 6.10 Å². The monoisotopic (exact) mass is 428 g/mol. The molecular weight excluding hydrogens is 408 g/mol. The molecule has 2 heterocycles. The smallest absolute Gasteiger partial charge is 0.339 e. The van der Waals surface area contributed by atoms with Gasteiger partial charge in [0.05, 0.1) is 28.7 Å². The third kappa shape index (κ3) is 3.70. The highest BCUT2D eigenvalue weighted by atomic mass is 32.1. The molecule has 0 radical (unpaired) electrons. The van der Waals surface area contributed by atoms with Crippen molar-refractivity contribution in [2.45, 2.75) is 26.0 Å². The molecule has 0 fully saturated rings. The number of carbonyl (C=O) groups excluding carboxylic acids is 2. The van der Waals surface area contributed by atoms with E-state index in [2.05, 4.69) is 0 Å². The summed E-state index contributed by atoms with van der Waals surface area (Å²) in [6.45, 7) is 2.42. The summed E-state index contributed by atoms with van der Waals surface area (Å²) in [6, 6.07) is 23.1. The highest BCUT2D eigenvalue weighted by Gasteiger charge is 2.34. The second kappa shape index (κ2) is 7.96. The van der Waals surface area contributed by atoms with Gasteiger partial charge in [-0.15, -0.1) is 0 Å².